The van der Waals surface area contributed by atoms with E-state index in [2.05, 4.69) is 5.32 Å². The summed E-state index contributed by atoms with van der Waals surface area (Å²) >= 11 is 0. The van der Waals surface area contributed by atoms with Crippen molar-refractivity contribution >= 4 is 11.4 Å². The normalized spacial score (nSPS) is 11.8. The summed E-state index contributed by atoms with van der Waals surface area (Å²) in [7, 11) is 1.61. The molecule has 0 radical (unpaired) electrons. The molecule has 1 atom stereocenters. The topological polar surface area (TPSA) is 64.4 Å². The lowest BCUT2D eigenvalue weighted by Crippen LogP contribution is -2.08. The van der Waals surface area contributed by atoms with E-state index in [0.29, 0.717) is 5.56 Å². The molecule has 0 spiro atoms. The maximum absolute atomic E-state index is 11.0. The quantitative estimate of drug-likeness (QED) is 0.664. The fourth-order valence-corrected chi connectivity index (χ4v) is 2.17. The Hall–Kier alpha value is -2.56. The van der Waals surface area contributed by atoms with Crippen LogP contribution < -0.4 is 10.1 Å². The Morgan fingerprint density at radius 2 is 1.95 bits per heavy atom. The first kappa shape index (κ1) is 14.8. The zero-order chi connectivity index (χ0) is 15.4. The number of aryl methyl sites for hydroxylation is 1. The van der Waals surface area contributed by atoms with Gasteiger partial charge in [0.2, 0.25) is 0 Å². The molecule has 1 unspecified atom stereocenters. The molecule has 0 bridgehead atoms. The van der Waals surface area contributed by atoms with E-state index in [4.69, 9.17) is 4.74 Å². The van der Waals surface area contributed by atoms with Crippen LogP contribution in [0, 0.1) is 17.0 Å². The Morgan fingerprint density at radius 1 is 1.24 bits per heavy atom. The average molecular weight is 286 g/mol. The molecule has 0 amide bonds. The number of nitro groups is 1. The molecule has 2 aromatic rings. The second-order valence-corrected chi connectivity index (χ2v) is 4.87. The fraction of sp³-hybridized carbons (Fsp3) is 0.250. The summed E-state index contributed by atoms with van der Waals surface area (Å²) in [5.41, 5.74) is 2.52. The van der Waals surface area contributed by atoms with Crippen molar-refractivity contribution in [1.82, 2.24) is 0 Å². The van der Waals surface area contributed by atoms with Gasteiger partial charge in [0, 0.05) is 17.7 Å². The molecule has 0 aliphatic heterocycles. The lowest BCUT2D eigenvalue weighted by Gasteiger charge is -2.18. The molecular weight excluding hydrogens is 268 g/mol. The van der Waals surface area contributed by atoms with E-state index in [9.17, 15) is 10.1 Å². The van der Waals surface area contributed by atoms with Crippen molar-refractivity contribution in [3.8, 4) is 5.75 Å². The van der Waals surface area contributed by atoms with Gasteiger partial charge in [-0.3, -0.25) is 10.1 Å². The molecule has 1 N–H and O–H groups in total. The maximum atomic E-state index is 11.0. The van der Waals surface area contributed by atoms with Crippen molar-refractivity contribution in [3.63, 3.8) is 0 Å². The van der Waals surface area contributed by atoms with Gasteiger partial charge in [-0.1, -0.05) is 24.3 Å². The van der Waals surface area contributed by atoms with E-state index in [1.54, 1.807) is 26.2 Å². The van der Waals surface area contributed by atoms with Gasteiger partial charge in [0.05, 0.1) is 17.7 Å². The number of nitro benzene ring substituents is 1. The van der Waals surface area contributed by atoms with Gasteiger partial charge in [0.1, 0.15) is 5.75 Å². The lowest BCUT2D eigenvalue weighted by atomic mass is 10.0. The number of para-hydroxylation sites is 2. The standard InChI is InChI=1S/C16H18N2O3/c1-11-8-9-13(10-15(11)18(19)20)12(2)17-14-6-4-5-7-16(14)21-3/h4-10,12,17H,1-3H3. The molecule has 0 aromatic heterocycles. The highest BCUT2D eigenvalue weighted by Crippen LogP contribution is 2.29. The number of nitrogens with zero attached hydrogens (tertiary/aromatic N) is 1. The summed E-state index contributed by atoms with van der Waals surface area (Å²) in [6.07, 6.45) is 0. The second-order valence-electron chi connectivity index (χ2n) is 4.87. The van der Waals surface area contributed by atoms with Crippen molar-refractivity contribution in [1.29, 1.82) is 0 Å². The van der Waals surface area contributed by atoms with Crippen LogP contribution in [0.1, 0.15) is 24.1 Å². The molecule has 2 aromatic carbocycles. The number of hydrogen-bond acceptors (Lipinski definition) is 4. The van der Waals surface area contributed by atoms with Gasteiger partial charge in [-0.25, -0.2) is 0 Å². The summed E-state index contributed by atoms with van der Waals surface area (Å²) in [4.78, 5) is 10.7. The minimum absolute atomic E-state index is 0.0689. The molecule has 5 heteroatoms. The first-order valence-electron chi connectivity index (χ1n) is 6.67. The third kappa shape index (κ3) is 3.31. The maximum Gasteiger partial charge on any atom is 0.272 e. The van der Waals surface area contributed by atoms with Crippen LogP contribution in [0.2, 0.25) is 0 Å². The van der Waals surface area contributed by atoms with E-state index in [1.165, 1.54) is 0 Å². The van der Waals surface area contributed by atoms with Crippen LogP contribution in [0.15, 0.2) is 42.5 Å². The number of methoxy groups -OCH3 is 1. The van der Waals surface area contributed by atoms with Crippen molar-refractivity contribution in [2.45, 2.75) is 19.9 Å². The van der Waals surface area contributed by atoms with Gasteiger partial charge >= 0.3 is 0 Å². The van der Waals surface area contributed by atoms with Crippen molar-refractivity contribution < 1.29 is 9.66 Å². The Morgan fingerprint density at radius 3 is 2.62 bits per heavy atom. The Balaban J connectivity index is 2.26. The van der Waals surface area contributed by atoms with E-state index in [0.717, 1.165) is 17.0 Å². The van der Waals surface area contributed by atoms with Crippen molar-refractivity contribution in [3.05, 3.63) is 63.7 Å². The highest BCUT2D eigenvalue weighted by molar-refractivity contribution is 5.57. The Kier molecular flexibility index (Phi) is 4.42. The van der Waals surface area contributed by atoms with Crippen LogP contribution in [-0.2, 0) is 0 Å². The molecule has 2 rings (SSSR count). The lowest BCUT2D eigenvalue weighted by molar-refractivity contribution is -0.385. The predicted molar refractivity (Wildman–Crippen MR) is 82.9 cm³/mol. The van der Waals surface area contributed by atoms with E-state index >= 15 is 0 Å². The van der Waals surface area contributed by atoms with Gasteiger partial charge in [-0.05, 0) is 31.5 Å². The van der Waals surface area contributed by atoms with Crippen molar-refractivity contribution in [2.75, 3.05) is 12.4 Å². The molecule has 0 aliphatic carbocycles. The third-order valence-electron chi connectivity index (χ3n) is 3.41. The molecule has 0 fully saturated rings. The SMILES string of the molecule is COc1ccccc1NC(C)c1ccc(C)c([N+](=O)[O-])c1. The van der Waals surface area contributed by atoms with Gasteiger partial charge in [0.25, 0.3) is 5.69 Å². The number of rotatable bonds is 5. The molecular formula is C16H18N2O3. The van der Waals surface area contributed by atoms with Crippen LogP contribution >= 0.6 is 0 Å². The minimum atomic E-state index is -0.353. The summed E-state index contributed by atoms with van der Waals surface area (Å²) < 4.78 is 5.29. The molecule has 0 saturated heterocycles. The average Bonchev–Trinajstić information content (AvgIpc) is 2.47. The van der Waals surface area contributed by atoms with Gasteiger partial charge < -0.3 is 10.1 Å². The monoisotopic (exact) mass is 286 g/mol. The number of anilines is 1. The molecule has 21 heavy (non-hydrogen) atoms. The highest BCUT2D eigenvalue weighted by atomic mass is 16.6. The molecule has 0 heterocycles. The number of benzene rings is 2. The van der Waals surface area contributed by atoms with Gasteiger partial charge in [-0.15, -0.1) is 0 Å². The summed E-state index contributed by atoms with van der Waals surface area (Å²) in [6, 6.07) is 12.8. The highest BCUT2D eigenvalue weighted by Gasteiger charge is 2.15. The minimum Gasteiger partial charge on any atom is -0.495 e. The van der Waals surface area contributed by atoms with Gasteiger partial charge in [-0.2, -0.15) is 0 Å². The summed E-state index contributed by atoms with van der Waals surface area (Å²) in [5, 5.41) is 14.3. The Bertz CT molecular complexity index is 656. The second kappa shape index (κ2) is 6.26. The van der Waals surface area contributed by atoms with E-state index < -0.39 is 0 Å². The van der Waals surface area contributed by atoms with Crippen LogP contribution in [-0.4, -0.2) is 12.0 Å². The number of hydrogen-bond donors (Lipinski definition) is 1. The van der Waals surface area contributed by atoms with Crippen LogP contribution in [0.25, 0.3) is 0 Å². The predicted octanol–water partition coefficient (Wildman–Crippen LogP) is 4.08. The molecule has 5 nitrogen and oxygen atoms in total. The Labute approximate surface area is 123 Å². The van der Waals surface area contributed by atoms with Crippen LogP contribution in [0.3, 0.4) is 0 Å². The number of ether oxygens (including phenoxy) is 1. The molecule has 0 saturated carbocycles. The summed E-state index contributed by atoms with van der Waals surface area (Å²) in [6.45, 7) is 3.70. The fourth-order valence-electron chi connectivity index (χ4n) is 2.17. The summed E-state index contributed by atoms with van der Waals surface area (Å²) in [5.74, 6) is 0.742. The van der Waals surface area contributed by atoms with Crippen molar-refractivity contribution in [2.24, 2.45) is 0 Å². The molecule has 0 aliphatic rings. The van der Waals surface area contributed by atoms with E-state index in [1.807, 2.05) is 37.3 Å². The smallest absolute Gasteiger partial charge is 0.272 e. The largest absolute Gasteiger partial charge is 0.495 e. The van der Waals surface area contributed by atoms with Crippen LogP contribution in [0.4, 0.5) is 11.4 Å². The first-order valence-corrected chi connectivity index (χ1v) is 6.67. The molecule has 110 valence electrons. The zero-order valence-electron chi connectivity index (χ0n) is 12.3. The first-order chi connectivity index (χ1) is 10.0. The third-order valence-corrected chi connectivity index (χ3v) is 3.41. The number of nitrogens with one attached hydrogen (secondary N) is 1. The van der Waals surface area contributed by atoms with Gasteiger partial charge in [0.15, 0.2) is 0 Å². The van der Waals surface area contributed by atoms with E-state index in [-0.39, 0.29) is 16.7 Å². The zero-order valence-corrected chi connectivity index (χ0v) is 12.3. The van der Waals surface area contributed by atoms with Crippen LogP contribution in [0.5, 0.6) is 5.75 Å².